The maximum Gasteiger partial charge on any atom is 0.175 e. The topological polar surface area (TPSA) is 61.8 Å². The lowest BCUT2D eigenvalue weighted by molar-refractivity contribution is 0.100. The number of rotatable bonds is 5. The van der Waals surface area contributed by atoms with Gasteiger partial charge in [0.15, 0.2) is 23.1 Å². The normalized spacial score (nSPS) is 9.83. The molecule has 0 spiro atoms. The van der Waals surface area contributed by atoms with Gasteiger partial charge in [0, 0.05) is 0 Å². The van der Waals surface area contributed by atoms with Gasteiger partial charge in [0.1, 0.15) is 11.3 Å². The summed E-state index contributed by atoms with van der Waals surface area (Å²) in [6, 6.07) is 1.51. The van der Waals surface area contributed by atoms with Crippen LogP contribution in [0.1, 0.15) is 34.6 Å². The van der Waals surface area contributed by atoms with Crippen LogP contribution in [-0.4, -0.2) is 32.9 Å². The molecule has 1 aromatic carbocycles. The lowest BCUT2D eigenvalue weighted by atomic mass is 10.0. The Morgan fingerprint density at radius 1 is 0.889 bits per heavy atom. The molecule has 0 bridgehead atoms. The van der Waals surface area contributed by atoms with Gasteiger partial charge in [-0.15, -0.1) is 0 Å². The Hall–Kier alpha value is -2.04. The van der Waals surface area contributed by atoms with Gasteiger partial charge in [-0.05, 0) is 19.9 Å². The summed E-state index contributed by atoms with van der Waals surface area (Å²) in [5.74, 6) is 0.341. The fourth-order valence-corrected chi connectivity index (χ4v) is 1.77. The van der Waals surface area contributed by atoms with Gasteiger partial charge in [0.25, 0.3) is 0 Å². The highest BCUT2D eigenvalue weighted by atomic mass is 16.5. The summed E-state index contributed by atoms with van der Waals surface area (Å²) >= 11 is 0. The first-order valence-electron chi connectivity index (χ1n) is 5.32. The number of benzene rings is 1. The fourth-order valence-electron chi connectivity index (χ4n) is 1.77. The Morgan fingerprint density at radius 3 is 1.78 bits per heavy atom. The highest BCUT2D eigenvalue weighted by Crippen LogP contribution is 2.40. The van der Waals surface area contributed by atoms with Gasteiger partial charge in [-0.2, -0.15) is 0 Å². The minimum atomic E-state index is -0.259. The second kappa shape index (κ2) is 5.53. The number of ketones is 2. The summed E-state index contributed by atoms with van der Waals surface area (Å²) in [5.41, 5.74) is 0.505. The molecule has 5 nitrogen and oxygen atoms in total. The van der Waals surface area contributed by atoms with Crippen LogP contribution in [0, 0.1) is 0 Å². The molecular weight excluding hydrogens is 236 g/mol. The third kappa shape index (κ3) is 2.30. The maximum absolute atomic E-state index is 11.7. The zero-order valence-corrected chi connectivity index (χ0v) is 11.1. The number of hydrogen-bond acceptors (Lipinski definition) is 5. The van der Waals surface area contributed by atoms with Crippen molar-refractivity contribution in [2.75, 3.05) is 21.3 Å². The third-order valence-corrected chi connectivity index (χ3v) is 2.56. The second-order valence-electron chi connectivity index (χ2n) is 3.68. The largest absolute Gasteiger partial charge is 0.495 e. The molecule has 18 heavy (non-hydrogen) atoms. The average Bonchev–Trinajstić information content (AvgIpc) is 2.35. The van der Waals surface area contributed by atoms with Crippen molar-refractivity contribution in [2.24, 2.45) is 0 Å². The Balaban J connectivity index is 3.75. The molecule has 5 heteroatoms. The van der Waals surface area contributed by atoms with Crippen LogP contribution in [0.3, 0.4) is 0 Å². The van der Waals surface area contributed by atoms with Crippen LogP contribution in [0.25, 0.3) is 0 Å². The summed E-state index contributed by atoms with van der Waals surface area (Å²) < 4.78 is 15.5. The molecule has 98 valence electrons. The first kappa shape index (κ1) is 14.0. The van der Waals surface area contributed by atoms with Crippen molar-refractivity contribution >= 4 is 11.6 Å². The van der Waals surface area contributed by atoms with E-state index in [4.69, 9.17) is 14.2 Å². The molecule has 0 heterocycles. The SMILES string of the molecule is COc1cc(C(C)=O)c(OC)c(C(C)=O)c1OC. The lowest BCUT2D eigenvalue weighted by Crippen LogP contribution is -2.08. The molecule has 0 atom stereocenters. The Morgan fingerprint density at radius 2 is 1.44 bits per heavy atom. The maximum atomic E-state index is 11.7. The van der Waals surface area contributed by atoms with Gasteiger partial charge in [-0.1, -0.05) is 0 Å². The predicted molar refractivity (Wildman–Crippen MR) is 66.1 cm³/mol. The fraction of sp³-hybridized carbons (Fsp3) is 0.385. The number of ether oxygens (including phenoxy) is 3. The van der Waals surface area contributed by atoms with Crippen molar-refractivity contribution in [1.29, 1.82) is 0 Å². The minimum absolute atomic E-state index is 0.213. The monoisotopic (exact) mass is 252 g/mol. The number of methoxy groups -OCH3 is 3. The van der Waals surface area contributed by atoms with Gasteiger partial charge in [0.2, 0.25) is 0 Å². The molecule has 0 aliphatic heterocycles. The zero-order chi connectivity index (χ0) is 13.9. The number of carbonyl (C=O) groups is 2. The molecule has 0 radical (unpaired) electrons. The van der Waals surface area contributed by atoms with Crippen LogP contribution in [0.4, 0.5) is 0 Å². The van der Waals surface area contributed by atoms with Crippen molar-refractivity contribution in [3.63, 3.8) is 0 Å². The molecule has 1 rings (SSSR count). The van der Waals surface area contributed by atoms with E-state index in [0.29, 0.717) is 11.3 Å². The number of Topliss-reactive ketones (excluding diaryl/α,β-unsaturated/α-hetero) is 2. The summed E-state index contributed by atoms with van der Waals surface area (Å²) in [7, 11) is 4.27. The Labute approximate surface area is 106 Å². The summed E-state index contributed by atoms with van der Waals surface area (Å²) in [5, 5.41) is 0. The standard InChI is InChI=1S/C13H16O5/c1-7(14)9-6-10(16-3)13(18-5)11(8(2)15)12(9)17-4/h6H,1-5H3. The highest BCUT2D eigenvalue weighted by Gasteiger charge is 2.25. The van der Waals surface area contributed by atoms with Gasteiger partial charge in [-0.25, -0.2) is 0 Å². The minimum Gasteiger partial charge on any atom is -0.495 e. The van der Waals surface area contributed by atoms with E-state index in [1.54, 1.807) is 0 Å². The van der Waals surface area contributed by atoms with Crippen LogP contribution in [-0.2, 0) is 0 Å². The summed E-state index contributed by atoms with van der Waals surface area (Å²) in [4.78, 5) is 23.3. The molecule has 1 aromatic rings. The predicted octanol–water partition coefficient (Wildman–Crippen LogP) is 2.12. The number of hydrogen-bond donors (Lipinski definition) is 0. The molecule has 0 saturated heterocycles. The molecule has 0 saturated carbocycles. The smallest absolute Gasteiger partial charge is 0.175 e. The van der Waals surface area contributed by atoms with Crippen molar-refractivity contribution in [3.8, 4) is 17.2 Å². The molecule has 0 amide bonds. The van der Waals surface area contributed by atoms with Gasteiger partial charge >= 0.3 is 0 Å². The van der Waals surface area contributed by atoms with E-state index in [0.717, 1.165) is 0 Å². The van der Waals surface area contributed by atoms with Crippen molar-refractivity contribution in [3.05, 3.63) is 17.2 Å². The first-order chi connectivity index (χ1) is 8.47. The Bertz CT molecular complexity index is 491. The lowest BCUT2D eigenvalue weighted by Gasteiger charge is -2.17. The van der Waals surface area contributed by atoms with Gasteiger partial charge in [0.05, 0.1) is 26.9 Å². The Kier molecular flexibility index (Phi) is 4.31. The summed E-state index contributed by atoms with van der Waals surface area (Å²) in [6.07, 6.45) is 0. The average molecular weight is 252 g/mol. The van der Waals surface area contributed by atoms with E-state index in [-0.39, 0.29) is 28.6 Å². The molecule has 0 aromatic heterocycles. The van der Waals surface area contributed by atoms with E-state index in [2.05, 4.69) is 0 Å². The van der Waals surface area contributed by atoms with Crippen LogP contribution in [0.15, 0.2) is 6.07 Å². The van der Waals surface area contributed by atoms with Gasteiger partial charge < -0.3 is 14.2 Å². The number of carbonyl (C=O) groups excluding carboxylic acids is 2. The van der Waals surface area contributed by atoms with E-state index in [1.165, 1.54) is 41.2 Å². The van der Waals surface area contributed by atoms with Crippen molar-refractivity contribution in [2.45, 2.75) is 13.8 Å². The van der Waals surface area contributed by atoms with Crippen molar-refractivity contribution in [1.82, 2.24) is 0 Å². The molecular formula is C13H16O5. The zero-order valence-electron chi connectivity index (χ0n) is 11.1. The van der Waals surface area contributed by atoms with Crippen LogP contribution in [0.2, 0.25) is 0 Å². The van der Waals surface area contributed by atoms with E-state index in [1.807, 2.05) is 0 Å². The molecule has 0 fully saturated rings. The highest BCUT2D eigenvalue weighted by molar-refractivity contribution is 6.06. The second-order valence-corrected chi connectivity index (χ2v) is 3.68. The van der Waals surface area contributed by atoms with E-state index < -0.39 is 0 Å². The van der Waals surface area contributed by atoms with Crippen LogP contribution in [0.5, 0.6) is 17.2 Å². The van der Waals surface area contributed by atoms with Crippen molar-refractivity contribution < 1.29 is 23.8 Å². The first-order valence-corrected chi connectivity index (χ1v) is 5.32. The summed E-state index contributed by atoms with van der Waals surface area (Å²) in [6.45, 7) is 2.78. The van der Waals surface area contributed by atoms with E-state index >= 15 is 0 Å². The molecule has 0 N–H and O–H groups in total. The molecule has 0 unspecified atom stereocenters. The van der Waals surface area contributed by atoms with E-state index in [9.17, 15) is 9.59 Å². The quantitative estimate of drug-likeness (QED) is 0.751. The molecule has 0 aliphatic carbocycles. The third-order valence-electron chi connectivity index (χ3n) is 2.56. The van der Waals surface area contributed by atoms with Crippen LogP contribution < -0.4 is 14.2 Å². The molecule has 0 aliphatic rings. The van der Waals surface area contributed by atoms with Crippen LogP contribution >= 0.6 is 0 Å². The van der Waals surface area contributed by atoms with Gasteiger partial charge in [-0.3, -0.25) is 9.59 Å².